The molecular weight excluding hydrogens is 274 g/mol. The lowest BCUT2D eigenvalue weighted by molar-refractivity contribution is -0.134. The number of hydrogen-bond donors (Lipinski definition) is 1. The summed E-state index contributed by atoms with van der Waals surface area (Å²) in [5.74, 6) is 1.18. The Morgan fingerprint density at radius 1 is 1.32 bits per heavy atom. The highest BCUT2D eigenvalue weighted by molar-refractivity contribution is 5.81. The Bertz CT molecular complexity index is 571. The molecule has 1 saturated carbocycles. The Labute approximate surface area is 132 Å². The molecule has 0 bridgehead atoms. The summed E-state index contributed by atoms with van der Waals surface area (Å²) in [6.07, 6.45) is 3.20. The predicted octanol–water partition coefficient (Wildman–Crippen LogP) is 2.29. The van der Waals surface area contributed by atoms with Crippen LogP contribution < -0.4 is 5.32 Å². The number of piperidine rings is 1. The summed E-state index contributed by atoms with van der Waals surface area (Å²) in [6.45, 7) is 4.80. The third kappa shape index (κ3) is 3.48. The van der Waals surface area contributed by atoms with Crippen molar-refractivity contribution in [2.45, 2.75) is 38.8 Å². The van der Waals surface area contributed by atoms with Crippen molar-refractivity contribution in [2.75, 3.05) is 13.1 Å². The third-order valence-corrected chi connectivity index (χ3v) is 4.79. The zero-order chi connectivity index (χ0) is 15.5. The van der Waals surface area contributed by atoms with E-state index in [0.29, 0.717) is 29.3 Å². The van der Waals surface area contributed by atoms with Gasteiger partial charge in [0.2, 0.25) is 5.91 Å². The van der Waals surface area contributed by atoms with E-state index in [-0.39, 0.29) is 0 Å². The van der Waals surface area contributed by atoms with Gasteiger partial charge in [0, 0.05) is 31.6 Å². The number of hydrogen-bond acceptors (Lipinski definition) is 3. The number of carbonyl (C=O) groups is 1. The second kappa shape index (κ2) is 6.50. The second-order valence-corrected chi connectivity index (χ2v) is 6.62. The first kappa shape index (κ1) is 15.1. The SMILES string of the molecule is C[C@H]1CN(C(=O)C2CC2)CC[C@@H]1NCc1ccc(C#N)cc1. The number of carbonyl (C=O) groups excluding carboxylic acids is 1. The number of rotatable bonds is 4. The molecular formula is C18H23N3O. The molecule has 1 amide bonds. The highest BCUT2D eigenvalue weighted by Crippen LogP contribution is 2.32. The minimum absolute atomic E-state index is 0.329. The standard InChI is InChI=1S/C18H23N3O/c1-13-12-21(18(22)16-6-7-16)9-8-17(13)20-11-15-4-2-14(10-19)3-5-15/h2-5,13,16-17,20H,6-9,11-12H2,1H3/t13-,17-/m0/s1. The summed E-state index contributed by atoms with van der Waals surface area (Å²) in [4.78, 5) is 14.2. The molecule has 116 valence electrons. The Balaban J connectivity index is 1.49. The Kier molecular flexibility index (Phi) is 4.44. The van der Waals surface area contributed by atoms with Crippen LogP contribution >= 0.6 is 0 Å². The summed E-state index contributed by atoms with van der Waals surface area (Å²) in [7, 11) is 0. The average molecular weight is 297 g/mol. The molecule has 0 radical (unpaired) electrons. The molecule has 1 N–H and O–H groups in total. The Morgan fingerprint density at radius 2 is 2.05 bits per heavy atom. The maximum absolute atomic E-state index is 12.1. The summed E-state index contributed by atoms with van der Waals surface area (Å²) in [5.41, 5.74) is 1.90. The van der Waals surface area contributed by atoms with E-state index in [9.17, 15) is 4.79 Å². The molecule has 1 saturated heterocycles. The van der Waals surface area contributed by atoms with E-state index in [1.165, 1.54) is 5.56 Å². The van der Waals surface area contributed by atoms with Crippen LogP contribution in [0.25, 0.3) is 0 Å². The van der Waals surface area contributed by atoms with Crippen LogP contribution in [0.15, 0.2) is 24.3 Å². The molecule has 4 nitrogen and oxygen atoms in total. The monoisotopic (exact) mass is 297 g/mol. The fraction of sp³-hybridized carbons (Fsp3) is 0.556. The van der Waals surface area contributed by atoms with Gasteiger partial charge >= 0.3 is 0 Å². The molecule has 0 unspecified atom stereocenters. The van der Waals surface area contributed by atoms with Crippen LogP contribution in [0.1, 0.15) is 37.3 Å². The summed E-state index contributed by atoms with van der Waals surface area (Å²) in [6, 6.07) is 10.3. The molecule has 4 heteroatoms. The van der Waals surface area contributed by atoms with Gasteiger partial charge in [0.25, 0.3) is 0 Å². The van der Waals surface area contributed by atoms with Crippen molar-refractivity contribution in [1.29, 1.82) is 5.26 Å². The molecule has 1 aromatic rings. The van der Waals surface area contributed by atoms with E-state index in [0.717, 1.165) is 38.9 Å². The first-order valence-electron chi connectivity index (χ1n) is 8.18. The van der Waals surface area contributed by atoms with Gasteiger partial charge in [-0.15, -0.1) is 0 Å². The zero-order valence-electron chi connectivity index (χ0n) is 13.1. The van der Waals surface area contributed by atoms with Crippen molar-refractivity contribution in [3.8, 4) is 6.07 Å². The smallest absolute Gasteiger partial charge is 0.225 e. The summed E-state index contributed by atoms with van der Waals surface area (Å²) >= 11 is 0. The highest BCUT2D eigenvalue weighted by Gasteiger charge is 2.36. The van der Waals surface area contributed by atoms with Crippen molar-refractivity contribution in [3.63, 3.8) is 0 Å². The second-order valence-electron chi connectivity index (χ2n) is 6.62. The van der Waals surface area contributed by atoms with Crippen LogP contribution in [0.2, 0.25) is 0 Å². The maximum Gasteiger partial charge on any atom is 0.225 e. The molecule has 0 spiro atoms. The van der Waals surface area contributed by atoms with Crippen LogP contribution in [-0.4, -0.2) is 29.9 Å². The van der Waals surface area contributed by atoms with E-state index < -0.39 is 0 Å². The van der Waals surface area contributed by atoms with Gasteiger partial charge in [-0.1, -0.05) is 19.1 Å². The molecule has 2 atom stereocenters. The van der Waals surface area contributed by atoms with E-state index in [2.05, 4.69) is 23.2 Å². The predicted molar refractivity (Wildman–Crippen MR) is 84.9 cm³/mol. The number of likely N-dealkylation sites (tertiary alicyclic amines) is 1. The van der Waals surface area contributed by atoms with Crippen LogP contribution in [0.4, 0.5) is 0 Å². The van der Waals surface area contributed by atoms with Gasteiger partial charge < -0.3 is 10.2 Å². The average Bonchev–Trinajstić information content (AvgIpc) is 3.38. The van der Waals surface area contributed by atoms with Gasteiger partial charge in [-0.3, -0.25) is 4.79 Å². The van der Waals surface area contributed by atoms with Crippen molar-refractivity contribution < 1.29 is 4.79 Å². The topological polar surface area (TPSA) is 56.1 Å². The number of amides is 1. The molecule has 22 heavy (non-hydrogen) atoms. The first-order chi connectivity index (χ1) is 10.7. The van der Waals surface area contributed by atoms with Gasteiger partial charge in [0.1, 0.15) is 0 Å². The highest BCUT2D eigenvalue weighted by atomic mass is 16.2. The molecule has 2 fully saturated rings. The quantitative estimate of drug-likeness (QED) is 0.927. The molecule has 3 rings (SSSR count). The van der Waals surface area contributed by atoms with E-state index in [4.69, 9.17) is 5.26 Å². The van der Waals surface area contributed by atoms with Gasteiger partial charge in [-0.2, -0.15) is 5.26 Å². The molecule has 1 aromatic carbocycles. The van der Waals surface area contributed by atoms with Gasteiger partial charge in [0.05, 0.1) is 11.6 Å². The lowest BCUT2D eigenvalue weighted by atomic mass is 9.93. The van der Waals surface area contributed by atoms with Crippen LogP contribution in [-0.2, 0) is 11.3 Å². The van der Waals surface area contributed by atoms with Crippen molar-refractivity contribution in [1.82, 2.24) is 10.2 Å². The van der Waals surface area contributed by atoms with E-state index >= 15 is 0 Å². The minimum Gasteiger partial charge on any atom is -0.342 e. The Morgan fingerprint density at radius 3 is 2.64 bits per heavy atom. The normalized spacial score (nSPS) is 24.8. The summed E-state index contributed by atoms with van der Waals surface area (Å²) in [5, 5.41) is 12.4. The largest absolute Gasteiger partial charge is 0.342 e. The zero-order valence-corrected chi connectivity index (χ0v) is 13.1. The first-order valence-corrected chi connectivity index (χ1v) is 8.18. The van der Waals surface area contributed by atoms with Gasteiger partial charge in [0.15, 0.2) is 0 Å². The lowest BCUT2D eigenvalue weighted by Crippen LogP contribution is -2.50. The summed E-state index contributed by atoms with van der Waals surface area (Å²) < 4.78 is 0. The van der Waals surface area contributed by atoms with Crippen molar-refractivity contribution >= 4 is 5.91 Å². The fourth-order valence-corrected chi connectivity index (χ4v) is 3.18. The molecule has 1 heterocycles. The van der Waals surface area contributed by atoms with Crippen molar-refractivity contribution in [3.05, 3.63) is 35.4 Å². The third-order valence-electron chi connectivity index (χ3n) is 4.79. The molecule has 0 aromatic heterocycles. The van der Waals surface area contributed by atoms with Crippen LogP contribution in [0, 0.1) is 23.2 Å². The number of nitriles is 1. The van der Waals surface area contributed by atoms with Crippen molar-refractivity contribution in [2.24, 2.45) is 11.8 Å². The molecule has 1 aliphatic carbocycles. The molecule has 2 aliphatic rings. The maximum atomic E-state index is 12.1. The van der Waals surface area contributed by atoms with E-state index in [1.54, 1.807) is 0 Å². The molecule has 1 aliphatic heterocycles. The number of nitrogens with one attached hydrogen (secondary N) is 1. The van der Waals surface area contributed by atoms with Crippen LogP contribution in [0.3, 0.4) is 0 Å². The van der Waals surface area contributed by atoms with Crippen LogP contribution in [0.5, 0.6) is 0 Å². The number of nitrogens with zero attached hydrogens (tertiary/aromatic N) is 2. The van der Waals surface area contributed by atoms with Gasteiger partial charge in [-0.05, 0) is 42.9 Å². The minimum atomic E-state index is 0.329. The fourth-order valence-electron chi connectivity index (χ4n) is 3.18. The Hall–Kier alpha value is -1.86. The lowest BCUT2D eigenvalue weighted by Gasteiger charge is -2.37. The van der Waals surface area contributed by atoms with Gasteiger partial charge in [-0.25, -0.2) is 0 Å². The number of benzene rings is 1. The van der Waals surface area contributed by atoms with E-state index in [1.807, 2.05) is 24.3 Å².